The molecule has 0 unspecified atom stereocenters. The minimum absolute atomic E-state index is 0.268. The van der Waals surface area contributed by atoms with Crippen LogP contribution >= 0.6 is 0 Å². The number of aromatic amines is 1. The number of ether oxygens (including phenoxy) is 1. The van der Waals surface area contributed by atoms with Crippen molar-refractivity contribution in [1.82, 2.24) is 15.2 Å². The monoisotopic (exact) mass is 203 g/mol. The first kappa shape index (κ1) is 9.39. The van der Waals surface area contributed by atoms with E-state index in [1.165, 1.54) is 7.11 Å². The van der Waals surface area contributed by atoms with Crippen LogP contribution in [0.2, 0.25) is 0 Å². The van der Waals surface area contributed by atoms with Gasteiger partial charge in [0.05, 0.1) is 12.8 Å². The summed E-state index contributed by atoms with van der Waals surface area (Å²) in [5.41, 5.74) is 1.95. The summed E-state index contributed by atoms with van der Waals surface area (Å²) in [5.74, 6) is -0.452. The quantitative estimate of drug-likeness (QED) is 0.746. The highest BCUT2D eigenvalue weighted by Gasteiger charge is 2.10. The zero-order valence-electron chi connectivity index (χ0n) is 8.10. The molecule has 0 saturated heterocycles. The number of carbonyl (C=O) groups is 1. The summed E-state index contributed by atoms with van der Waals surface area (Å²) >= 11 is 0. The molecule has 15 heavy (non-hydrogen) atoms. The molecule has 5 heteroatoms. The van der Waals surface area contributed by atoms with Crippen LogP contribution in [0.3, 0.4) is 0 Å². The van der Waals surface area contributed by atoms with Gasteiger partial charge in [0.2, 0.25) is 0 Å². The number of esters is 1. The fourth-order valence-corrected chi connectivity index (χ4v) is 1.21. The number of aromatic nitrogens is 3. The Bertz CT molecular complexity index is 465. The number of carbonyl (C=O) groups excluding carboxylic acids is 1. The summed E-state index contributed by atoms with van der Waals surface area (Å²) in [6.07, 6.45) is 3.35. The molecule has 0 atom stereocenters. The van der Waals surface area contributed by atoms with E-state index in [2.05, 4.69) is 19.9 Å². The Balaban J connectivity index is 2.32. The van der Waals surface area contributed by atoms with Gasteiger partial charge in [-0.2, -0.15) is 5.10 Å². The van der Waals surface area contributed by atoms with Gasteiger partial charge in [-0.3, -0.25) is 10.1 Å². The average molecular weight is 203 g/mol. The molecule has 2 aromatic heterocycles. The molecule has 1 N–H and O–H groups in total. The van der Waals surface area contributed by atoms with Gasteiger partial charge in [-0.25, -0.2) is 4.79 Å². The maximum absolute atomic E-state index is 11.1. The van der Waals surface area contributed by atoms with E-state index >= 15 is 0 Å². The van der Waals surface area contributed by atoms with Gasteiger partial charge < -0.3 is 4.74 Å². The molecule has 0 aliphatic carbocycles. The zero-order valence-corrected chi connectivity index (χ0v) is 8.10. The lowest BCUT2D eigenvalue weighted by Gasteiger charge is -1.93. The number of methoxy groups -OCH3 is 1. The third-order valence-electron chi connectivity index (χ3n) is 1.96. The van der Waals surface area contributed by atoms with Gasteiger partial charge in [-0.05, 0) is 18.2 Å². The number of rotatable bonds is 2. The van der Waals surface area contributed by atoms with Crippen LogP contribution in [0.5, 0.6) is 0 Å². The molecule has 2 rings (SSSR count). The third-order valence-corrected chi connectivity index (χ3v) is 1.96. The summed E-state index contributed by atoms with van der Waals surface area (Å²) in [6.45, 7) is 0. The molecule has 0 aliphatic rings. The summed E-state index contributed by atoms with van der Waals surface area (Å²) < 4.78 is 4.55. The van der Waals surface area contributed by atoms with Gasteiger partial charge >= 0.3 is 5.97 Å². The van der Waals surface area contributed by atoms with E-state index in [-0.39, 0.29) is 5.69 Å². The van der Waals surface area contributed by atoms with Crippen LogP contribution in [0.1, 0.15) is 10.5 Å². The van der Waals surface area contributed by atoms with E-state index < -0.39 is 5.97 Å². The first-order valence-corrected chi connectivity index (χ1v) is 4.35. The van der Waals surface area contributed by atoms with Crippen LogP contribution in [0.4, 0.5) is 0 Å². The van der Waals surface area contributed by atoms with Crippen molar-refractivity contribution in [3.63, 3.8) is 0 Å². The van der Waals surface area contributed by atoms with E-state index in [4.69, 9.17) is 0 Å². The van der Waals surface area contributed by atoms with Crippen molar-refractivity contribution >= 4 is 5.97 Å². The Kier molecular flexibility index (Phi) is 2.45. The Morgan fingerprint density at radius 2 is 2.13 bits per heavy atom. The smallest absolute Gasteiger partial charge is 0.358 e. The molecule has 0 aliphatic heterocycles. The molecular weight excluding hydrogens is 194 g/mol. The van der Waals surface area contributed by atoms with E-state index in [1.807, 2.05) is 12.1 Å². The molecule has 0 spiro atoms. The van der Waals surface area contributed by atoms with Crippen molar-refractivity contribution in [3.8, 4) is 11.3 Å². The highest BCUT2D eigenvalue weighted by atomic mass is 16.5. The lowest BCUT2D eigenvalue weighted by atomic mass is 10.2. The van der Waals surface area contributed by atoms with E-state index in [0.717, 1.165) is 11.3 Å². The molecular formula is C10H9N3O2. The highest BCUT2D eigenvalue weighted by Crippen LogP contribution is 2.16. The maximum Gasteiger partial charge on any atom is 0.358 e. The van der Waals surface area contributed by atoms with E-state index in [0.29, 0.717) is 0 Å². The number of pyridine rings is 1. The van der Waals surface area contributed by atoms with Crippen molar-refractivity contribution in [2.75, 3.05) is 7.11 Å². The Morgan fingerprint density at radius 3 is 2.80 bits per heavy atom. The topological polar surface area (TPSA) is 67.9 Å². The zero-order chi connectivity index (χ0) is 10.7. The molecule has 0 amide bonds. The number of nitrogens with one attached hydrogen (secondary N) is 1. The fourth-order valence-electron chi connectivity index (χ4n) is 1.21. The largest absolute Gasteiger partial charge is 0.464 e. The highest BCUT2D eigenvalue weighted by molar-refractivity contribution is 5.88. The van der Waals surface area contributed by atoms with Gasteiger partial charge in [0.15, 0.2) is 5.69 Å². The maximum atomic E-state index is 11.1. The van der Waals surface area contributed by atoms with Crippen molar-refractivity contribution in [3.05, 3.63) is 36.3 Å². The van der Waals surface area contributed by atoms with Crippen molar-refractivity contribution < 1.29 is 9.53 Å². The van der Waals surface area contributed by atoms with Crippen LogP contribution in [0.15, 0.2) is 30.6 Å². The molecule has 0 fully saturated rings. The van der Waals surface area contributed by atoms with Gasteiger partial charge in [-0.15, -0.1) is 0 Å². The van der Waals surface area contributed by atoms with E-state index in [1.54, 1.807) is 18.5 Å². The van der Waals surface area contributed by atoms with Crippen molar-refractivity contribution in [2.24, 2.45) is 0 Å². The number of nitrogens with zero attached hydrogens (tertiary/aromatic N) is 2. The van der Waals surface area contributed by atoms with Crippen LogP contribution in [-0.2, 0) is 4.74 Å². The summed E-state index contributed by atoms with van der Waals surface area (Å²) in [5, 5.41) is 6.60. The number of H-pyrrole nitrogens is 1. The summed E-state index contributed by atoms with van der Waals surface area (Å²) in [4.78, 5) is 15.0. The molecule has 2 aromatic rings. The van der Waals surface area contributed by atoms with Crippen LogP contribution in [0.25, 0.3) is 11.3 Å². The molecule has 0 aromatic carbocycles. The van der Waals surface area contributed by atoms with Gasteiger partial charge in [0.25, 0.3) is 0 Å². The van der Waals surface area contributed by atoms with Crippen molar-refractivity contribution in [2.45, 2.75) is 0 Å². The first-order chi connectivity index (χ1) is 7.31. The minimum Gasteiger partial charge on any atom is -0.464 e. The van der Waals surface area contributed by atoms with E-state index in [9.17, 15) is 4.79 Å². The summed E-state index contributed by atoms with van der Waals surface area (Å²) in [6, 6.07) is 5.30. The van der Waals surface area contributed by atoms with Gasteiger partial charge in [0.1, 0.15) is 0 Å². The molecule has 5 nitrogen and oxygen atoms in total. The standard InChI is InChI=1S/C10H9N3O2/c1-15-10(14)9-6-8(12-13-9)7-2-4-11-5-3-7/h2-6H,1H3,(H,12,13). The number of hydrogen-bond donors (Lipinski definition) is 1. The molecule has 76 valence electrons. The minimum atomic E-state index is -0.452. The Morgan fingerprint density at radius 1 is 1.40 bits per heavy atom. The Labute approximate surface area is 86.1 Å². The number of hydrogen-bond acceptors (Lipinski definition) is 4. The fraction of sp³-hybridized carbons (Fsp3) is 0.100. The lowest BCUT2D eigenvalue weighted by Crippen LogP contribution is -2.00. The second-order valence-corrected chi connectivity index (χ2v) is 2.89. The third kappa shape index (κ3) is 1.85. The van der Waals surface area contributed by atoms with Crippen molar-refractivity contribution in [1.29, 1.82) is 0 Å². The molecule has 0 saturated carbocycles. The van der Waals surface area contributed by atoms with Crippen LogP contribution in [-0.4, -0.2) is 28.3 Å². The first-order valence-electron chi connectivity index (χ1n) is 4.35. The Hall–Kier alpha value is -2.17. The predicted molar refractivity (Wildman–Crippen MR) is 53.2 cm³/mol. The second kappa shape index (κ2) is 3.91. The lowest BCUT2D eigenvalue weighted by molar-refractivity contribution is 0.0594. The molecule has 0 bridgehead atoms. The second-order valence-electron chi connectivity index (χ2n) is 2.89. The summed E-state index contributed by atoms with van der Waals surface area (Å²) in [7, 11) is 1.32. The van der Waals surface area contributed by atoms with Gasteiger partial charge in [-0.1, -0.05) is 0 Å². The van der Waals surface area contributed by atoms with Crippen LogP contribution in [0, 0.1) is 0 Å². The van der Waals surface area contributed by atoms with Crippen LogP contribution < -0.4 is 0 Å². The predicted octanol–water partition coefficient (Wildman–Crippen LogP) is 1.26. The molecule has 0 radical (unpaired) electrons. The van der Waals surface area contributed by atoms with Gasteiger partial charge in [0, 0.05) is 18.0 Å². The normalized spacial score (nSPS) is 9.93. The molecule has 2 heterocycles. The SMILES string of the molecule is COC(=O)c1cc(-c2ccncc2)[nH]n1. The average Bonchev–Trinajstić information content (AvgIpc) is 2.78.